The quantitative estimate of drug-likeness (QED) is 0.382. The summed E-state index contributed by atoms with van der Waals surface area (Å²) in [6.07, 6.45) is 6.12. The van der Waals surface area contributed by atoms with Crippen molar-refractivity contribution >= 4 is 40.2 Å². The number of esters is 1. The molecule has 3 heterocycles. The molecule has 1 saturated heterocycles. The van der Waals surface area contributed by atoms with Crippen molar-refractivity contribution in [2.75, 3.05) is 29.9 Å². The SMILES string of the molecule is CCOC(=O)c1c(NC(=O)/C(C#N)=C/c2ccc(N3CCCCCC3)o2)sc(C)c1C. The summed E-state index contributed by atoms with van der Waals surface area (Å²) in [7, 11) is 0. The summed E-state index contributed by atoms with van der Waals surface area (Å²) in [4.78, 5) is 28.2. The maximum absolute atomic E-state index is 12.8. The van der Waals surface area contributed by atoms with Crippen molar-refractivity contribution in [1.82, 2.24) is 0 Å². The molecule has 0 atom stereocenters. The van der Waals surface area contributed by atoms with Gasteiger partial charge in [-0.3, -0.25) is 4.79 Å². The monoisotopic (exact) mass is 441 g/mol. The van der Waals surface area contributed by atoms with Crippen LogP contribution in [0.5, 0.6) is 0 Å². The van der Waals surface area contributed by atoms with Gasteiger partial charge in [0.05, 0.1) is 12.2 Å². The van der Waals surface area contributed by atoms with Gasteiger partial charge >= 0.3 is 5.97 Å². The predicted octanol–water partition coefficient (Wildman–Crippen LogP) is 5.06. The summed E-state index contributed by atoms with van der Waals surface area (Å²) in [6.45, 7) is 7.52. The minimum atomic E-state index is -0.595. The van der Waals surface area contributed by atoms with Crippen LogP contribution < -0.4 is 10.2 Å². The van der Waals surface area contributed by atoms with Crippen LogP contribution >= 0.6 is 11.3 Å². The second-order valence-electron chi connectivity index (χ2n) is 7.41. The first kappa shape index (κ1) is 22.6. The fourth-order valence-corrected chi connectivity index (χ4v) is 4.55. The maximum Gasteiger partial charge on any atom is 0.341 e. The van der Waals surface area contributed by atoms with Crippen molar-refractivity contribution in [3.63, 3.8) is 0 Å². The van der Waals surface area contributed by atoms with Gasteiger partial charge in [-0.1, -0.05) is 12.8 Å². The molecular weight excluding hydrogens is 414 g/mol. The fourth-order valence-electron chi connectivity index (χ4n) is 3.51. The van der Waals surface area contributed by atoms with Crippen LogP contribution in [0.1, 0.15) is 59.2 Å². The molecule has 2 aromatic rings. The number of hydrogen-bond donors (Lipinski definition) is 1. The number of carbonyl (C=O) groups excluding carboxylic acids is 2. The number of nitrogens with one attached hydrogen (secondary N) is 1. The summed E-state index contributed by atoms with van der Waals surface area (Å²) in [5.41, 5.74) is 0.987. The normalized spacial score (nSPS) is 14.6. The maximum atomic E-state index is 12.8. The molecule has 0 spiro atoms. The van der Waals surface area contributed by atoms with E-state index in [1.165, 1.54) is 30.3 Å². The third-order valence-electron chi connectivity index (χ3n) is 5.27. The van der Waals surface area contributed by atoms with Crippen LogP contribution in [0.15, 0.2) is 22.1 Å². The average Bonchev–Trinajstić information content (AvgIpc) is 3.19. The Balaban J connectivity index is 1.78. The minimum absolute atomic E-state index is 0.102. The highest BCUT2D eigenvalue weighted by Gasteiger charge is 2.23. The molecule has 7 nitrogen and oxygen atoms in total. The van der Waals surface area contributed by atoms with E-state index in [1.807, 2.05) is 26.0 Å². The van der Waals surface area contributed by atoms with Crippen molar-refractivity contribution in [2.45, 2.75) is 46.5 Å². The number of carbonyl (C=O) groups is 2. The van der Waals surface area contributed by atoms with Crippen molar-refractivity contribution < 1.29 is 18.7 Å². The summed E-state index contributed by atoms with van der Waals surface area (Å²) in [5, 5.41) is 12.6. The molecule has 8 heteroatoms. The molecule has 3 rings (SSSR count). The van der Waals surface area contributed by atoms with Crippen LogP contribution in [-0.4, -0.2) is 31.6 Å². The highest BCUT2D eigenvalue weighted by Crippen LogP contribution is 2.33. The predicted molar refractivity (Wildman–Crippen MR) is 121 cm³/mol. The number of rotatable bonds is 6. The van der Waals surface area contributed by atoms with E-state index < -0.39 is 11.9 Å². The number of furan rings is 1. The van der Waals surface area contributed by atoms with Gasteiger partial charge in [-0.2, -0.15) is 5.26 Å². The van der Waals surface area contributed by atoms with Crippen molar-refractivity contribution in [1.29, 1.82) is 5.26 Å². The first-order valence-electron chi connectivity index (χ1n) is 10.5. The Hall–Kier alpha value is -3.05. The topological polar surface area (TPSA) is 95.6 Å². The molecule has 1 aliphatic heterocycles. The summed E-state index contributed by atoms with van der Waals surface area (Å²) >= 11 is 1.28. The lowest BCUT2D eigenvalue weighted by molar-refractivity contribution is -0.112. The standard InChI is InChI=1S/C23H27N3O4S/c1-4-29-23(28)20-15(2)16(3)31-22(20)25-21(27)17(14-24)13-18-9-10-19(30-18)26-11-7-5-6-8-12-26/h9-10,13H,4-8,11-12H2,1-3H3,(H,25,27)/b17-13+. The van der Waals surface area contributed by atoms with Gasteiger partial charge < -0.3 is 19.4 Å². The van der Waals surface area contributed by atoms with E-state index in [2.05, 4.69) is 10.2 Å². The second kappa shape index (κ2) is 10.3. The van der Waals surface area contributed by atoms with Gasteiger partial charge in [0.25, 0.3) is 5.91 Å². The van der Waals surface area contributed by atoms with Gasteiger partial charge in [0.1, 0.15) is 22.4 Å². The van der Waals surface area contributed by atoms with Crippen LogP contribution in [0.25, 0.3) is 6.08 Å². The smallest absolute Gasteiger partial charge is 0.341 e. The lowest BCUT2D eigenvalue weighted by Crippen LogP contribution is -2.23. The van der Waals surface area contributed by atoms with Crippen LogP contribution in [0, 0.1) is 25.2 Å². The first-order chi connectivity index (χ1) is 14.9. The number of nitriles is 1. The Morgan fingerprint density at radius 3 is 2.61 bits per heavy atom. The zero-order valence-corrected chi connectivity index (χ0v) is 18.9. The van der Waals surface area contributed by atoms with Crippen LogP contribution in [-0.2, 0) is 9.53 Å². The van der Waals surface area contributed by atoms with E-state index in [0.717, 1.165) is 42.3 Å². The van der Waals surface area contributed by atoms with Crippen LogP contribution in [0.2, 0.25) is 0 Å². The Kier molecular flexibility index (Phi) is 7.53. The molecule has 164 valence electrons. The third kappa shape index (κ3) is 5.36. The van der Waals surface area contributed by atoms with Crippen LogP contribution in [0.3, 0.4) is 0 Å². The minimum Gasteiger partial charge on any atom is -0.462 e. The second-order valence-corrected chi connectivity index (χ2v) is 8.63. The van der Waals surface area contributed by atoms with E-state index in [0.29, 0.717) is 16.3 Å². The highest BCUT2D eigenvalue weighted by molar-refractivity contribution is 7.16. The Labute approximate surface area is 186 Å². The molecule has 0 aromatic carbocycles. The van der Waals surface area contributed by atoms with Gasteiger partial charge in [-0.25, -0.2) is 4.79 Å². The van der Waals surface area contributed by atoms with E-state index in [9.17, 15) is 14.9 Å². The molecule has 0 bridgehead atoms. The zero-order valence-electron chi connectivity index (χ0n) is 18.1. The van der Waals surface area contributed by atoms with Crippen molar-refractivity contribution in [3.8, 4) is 6.07 Å². The number of ether oxygens (including phenoxy) is 1. The van der Waals surface area contributed by atoms with E-state index in [1.54, 1.807) is 13.0 Å². The van der Waals surface area contributed by atoms with Gasteiger partial charge in [-0.15, -0.1) is 11.3 Å². The molecule has 0 radical (unpaired) electrons. The molecule has 0 aliphatic carbocycles. The Morgan fingerprint density at radius 1 is 1.26 bits per heavy atom. The van der Waals surface area contributed by atoms with E-state index >= 15 is 0 Å². The summed E-state index contributed by atoms with van der Waals surface area (Å²) in [6, 6.07) is 5.56. The molecule has 1 amide bonds. The summed E-state index contributed by atoms with van der Waals surface area (Å²) in [5.74, 6) is 0.104. The number of hydrogen-bond acceptors (Lipinski definition) is 7. The molecule has 0 unspecified atom stereocenters. The molecule has 1 N–H and O–H groups in total. The lowest BCUT2D eigenvalue weighted by Gasteiger charge is -2.18. The number of thiophene rings is 1. The lowest BCUT2D eigenvalue weighted by atomic mass is 10.1. The number of nitrogens with zero attached hydrogens (tertiary/aromatic N) is 2. The largest absolute Gasteiger partial charge is 0.462 e. The van der Waals surface area contributed by atoms with Crippen LogP contribution in [0.4, 0.5) is 10.9 Å². The molecular formula is C23H27N3O4S. The van der Waals surface area contributed by atoms with Gasteiger partial charge in [0.2, 0.25) is 0 Å². The van der Waals surface area contributed by atoms with Gasteiger partial charge in [-0.05, 0) is 45.2 Å². The highest BCUT2D eigenvalue weighted by atomic mass is 32.1. The Bertz CT molecular complexity index is 1020. The first-order valence-corrected chi connectivity index (χ1v) is 11.3. The molecule has 0 saturated carbocycles. The molecule has 1 fully saturated rings. The third-order valence-corrected chi connectivity index (χ3v) is 6.40. The molecule has 31 heavy (non-hydrogen) atoms. The van der Waals surface area contributed by atoms with E-state index in [-0.39, 0.29) is 12.2 Å². The van der Waals surface area contributed by atoms with Gasteiger partial charge in [0, 0.05) is 30.1 Å². The average molecular weight is 442 g/mol. The van der Waals surface area contributed by atoms with Crippen molar-refractivity contribution in [3.05, 3.63) is 39.5 Å². The number of amides is 1. The van der Waals surface area contributed by atoms with Gasteiger partial charge in [0.15, 0.2) is 5.88 Å². The Morgan fingerprint density at radius 2 is 1.97 bits per heavy atom. The summed E-state index contributed by atoms with van der Waals surface area (Å²) < 4.78 is 11.0. The molecule has 2 aromatic heterocycles. The molecule has 1 aliphatic rings. The zero-order chi connectivity index (χ0) is 22.4. The van der Waals surface area contributed by atoms with E-state index in [4.69, 9.17) is 9.15 Å². The number of aryl methyl sites for hydroxylation is 1. The number of anilines is 2. The fraction of sp³-hybridized carbons (Fsp3) is 0.435. The van der Waals surface area contributed by atoms with Crippen molar-refractivity contribution in [2.24, 2.45) is 0 Å².